The Morgan fingerprint density at radius 2 is 1.93 bits per heavy atom. The zero-order chi connectivity index (χ0) is 21.8. The number of likely N-dealkylation sites (tertiary alicyclic amines) is 1. The summed E-state index contributed by atoms with van der Waals surface area (Å²) in [6.07, 6.45) is -4.37. The summed E-state index contributed by atoms with van der Waals surface area (Å²) in [6.45, 7) is 0.219. The lowest BCUT2D eigenvalue weighted by molar-refractivity contribution is -0.144. The number of imide groups is 1. The van der Waals surface area contributed by atoms with E-state index in [9.17, 15) is 32.3 Å². The van der Waals surface area contributed by atoms with Gasteiger partial charge < -0.3 is 14.5 Å². The van der Waals surface area contributed by atoms with Crippen molar-refractivity contribution in [1.82, 2.24) is 9.80 Å². The topological polar surface area (TPSA) is 87.2 Å². The molecule has 1 aromatic carbocycles. The lowest BCUT2D eigenvalue weighted by Crippen LogP contribution is -2.54. The number of urea groups is 1. The molecule has 3 aliphatic rings. The summed E-state index contributed by atoms with van der Waals surface area (Å²) in [5.41, 5.74) is -1.12. The number of fused-ring (bicyclic) bond motifs is 5. The van der Waals surface area contributed by atoms with Crippen LogP contribution in [0.5, 0.6) is 0 Å². The predicted octanol–water partition coefficient (Wildman–Crippen LogP) is 1.78. The molecule has 0 aromatic heterocycles. The summed E-state index contributed by atoms with van der Waals surface area (Å²) >= 11 is 0. The number of esters is 1. The fraction of sp³-hybridized carbons (Fsp3) is 0.474. The number of hydrogen-bond donors (Lipinski definition) is 0. The molecule has 8 nitrogen and oxygen atoms in total. The third-order valence-corrected chi connectivity index (χ3v) is 5.79. The van der Waals surface area contributed by atoms with Gasteiger partial charge in [-0.2, -0.15) is 13.2 Å². The van der Waals surface area contributed by atoms with Gasteiger partial charge in [0.25, 0.3) is 5.91 Å². The summed E-state index contributed by atoms with van der Waals surface area (Å²) in [6, 6.07) is 1.46. The molecule has 3 saturated heterocycles. The number of methoxy groups -OCH3 is 1. The third kappa shape index (κ3) is 3.08. The molecule has 1 aromatic rings. The van der Waals surface area contributed by atoms with Gasteiger partial charge in [-0.3, -0.25) is 14.4 Å². The normalized spacial score (nSPS) is 25.2. The zero-order valence-electron chi connectivity index (χ0n) is 15.9. The van der Waals surface area contributed by atoms with Crippen molar-refractivity contribution in [1.29, 1.82) is 0 Å². The SMILES string of the molecule is COC(=O)CCC(=O)N1CC2C[C@@H]1[C@@H]1C(=O)N(c3cccc(C(F)(F)F)c3)C(=O)N21. The van der Waals surface area contributed by atoms with Crippen molar-refractivity contribution in [3.05, 3.63) is 29.8 Å². The molecule has 0 spiro atoms. The first-order valence-corrected chi connectivity index (χ1v) is 9.33. The Balaban J connectivity index is 1.55. The molecular formula is C19H18F3N3O5. The number of rotatable bonds is 4. The van der Waals surface area contributed by atoms with Gasteiger partial charge >= 0.3 is 18.2 Å². The summed E-state index contributed by atoms with van der Waals surface area (Å²) in [4.78, 5) is 53.2. The fourth-order valence-electron chi connectivity index (χ4n) is 4.46. The molecule has 0 aliphatic carbocycles. The Labute approximate surface area is 169 Å². The molecule has 4 rings (SSSR count). The average molecular weight is 425 g/mol. The number of carbonyl (C=O) groups excluding carboxylic acids is 4. The van der Waals surface area contributed by atoms with Crippen molar-refractivity contribution in [3.63, 3.8) is 0 Å². The molecule has 0 radical (unpaired) electrons. The van der Waals surface area contributed by atoms with Crippen LogP contribution in [0.25, 0.3) is 0 Å². The van der Waals surface area contributed by atoms with E-state index in [0.29, 0.717) is 6.42 Å². The number of amides is 4. The van der Waals surface area contributed by atoms with E-state index in [1.807, 2.05) is 0 Å². The molecule has 11 heteroatoms. The predicted molar refractivity (Wildman–Crippen MR) is 95.1 cm³/mol. The molecule has 30 heavy (non-hydrogen) atoms. The first kappa shape index (κ1) is 20.2. The highest BCUT2D eigenvalue weighted by molar-refractivity contribution is 6.22. The average Bonchev–Trinajstić information content (AvgIpc) is 3.36. The van der Waals surface area contributed by atoms with Gasteiger partial charge in [-0.25, -0.2) is 9.69 Å². The molecule has 3 atom stereocenters. The van der Waals surface area contributed by atoms with Gasteiger partial charge in [-0.15, -0.1) is 0 Å². The number of piperazine rings is 1. The Hall–Kier alpha value is -3.11. The van der Waals surface area contributed by atoms with Crippen molar-refractivity contribution >= 4 is 29.5 Å². The Bertz CT molecular complexity index is 934. The van der Waals surface area contributed by atoms with Crippen LogP contribution in [0.1, 0.15) is 24.8 Å². The lowest BCUT2D eigenvalue weighted by Gasteiger charge is -2.34. The highest BCUT2D eigenvalue weighted by atomic mass is 19.4. The van der Waals surface area contributed by atoms with E-state index in [4.69, 9.17) is 0 Å². The smallest absolute Gasteiger partial charge is 0.416 e. The number of carbonyl (C=O) groups is 4. The molecule has 160 valence electrons. The summed E-state index contributed by atoms with van der Waals surface area (Å²) in [5.74, 6) is -1.51. The van der Waals surface area contributed by atoms with Gasteiger partial charge in [-0.1, -0.05) is 6.07 Å². The number of alkyl halides is 3. The minimum absolute atomic E-state index is 0.0813. The molecule has 0 saturated carbocycles. The molecule has 3 fully saturated rings. The van der Waals surface area contributed by atoms with Crippen LogP contribution >= 0.6 is 0 Å². The number of nitrogens with zero attached hydrogens (tertiary/aromatic N) is 3. The van der Waals surface area contributed by atoms with E-state index >= 15 is 0 Å². The third-order valence-electron chi connectivity index (χ3n) is 5.79. The number of ether oxygens (including phenoxy) is 1. The Morgan fingerprint density at radius 1 is 1.20 bits per heavy atom. The van der Waals surface area contributed by atoms with Crippen molar-refractivity contribution < 1.29 is 37.1 Å². The van der Waals surface area contributed by atoms with E-state index in [2.05, 4.69) is 4.74 Å². The number of anilines is 1. The van der Waals surface area contributed by atoms with Gasteiger partial charge in [0.05, 0.1) is 36.9 Å². The first-order chi connectivity index (χ1) is 14.1. The minimum atomic E-state index is -4.61. The van der Waals surface area contributed by atoms with Crippen LogP contribution in [-0.4, -0.2) is 65.4 Å². The quantitative estimate of drug-likeness (QED) is 0.542. The first-order valence-electron chi connectivity index (χ1n) is 9.33. The number of hydrogen-bond acceptors (Lipinski definition) is 5. The summed E-state index contributed by atoms with van der Waals surface area (Å²) < 4.78 is 43.6. The van der Waals surface area contributed by atoms with Gasteiger partial charge in [-0.05, 0) is 24.6 Å². The Kier molecular flexibility index (Phi) is 4.70. The van der Waals surface area contributed by atoms with E-state index in [1.165, 1.54) is 23.0 Å². The van der Waals surface area contributed by atoms with Crippen molar-refractivity contribution in [2.24, 2.45) is 0 Å². The van der Waals surface area contributed by atoms with Gasteiger partial charge in [0.2, 0.25) is 5.91 Å². The van der Waals surface area contributed by atoms with Crippen LogP contribution in [0, 0.1) is 0 Å². The molecule has 2 bridgehead atoms. The molecule has 4 amide bonds. The lowest BCUT2D eigenvalue weighted by atomic mass is 10.1. The second-order valence-corrected chi connectivity index (χ2v) is 7.44. The van der Waals surface area contributed by atoms with Crippen molar-refractivity contribution in [3.8, 4) is 0 Å². The highest BCUT2D eigenvalue weighted by Crippen LogP contribution is 2.43. The van der Waals surface area contributed by atoms with E-state index < -0.39 is 47.8 Å². The van der Waals surface area contributed by atoms with E-state index in [-0.39, 0.29) is 31.0 Å². The van der Waals surface area contributed by atoms with Gasteiger partial charge in [0, 0.05) is 13.0 Å². The standard InChI is InChI=1S/C19H18F3N3O5/c1-30-15(27)6-5-14(26)23-9-12-8-13(23)16-17(28)25(18(29)24(12)16)11-4-2-3-10(7-11)19(20,21)22/h2-4,7,12-13,16H,5-6,8-9H2,1H3/t12?,13-,16-/m1/s1. The monoisotopic (exact) mass is 425 g/mol. The van der Waals surface area contributed by atoms with Crippen molar-refractivity contribution in [2.45, 2.75) is 43.6 Å². The summed E-state index contributed by atoms with van der Waals surface area (Å²) in [7, 11) is 1.22. The van der Waals surface area contributed by atoms with Crippen LogP contribution in [0.3, 0.4) is 0 Å². The van der Waals surface area contributed by atoms with Crippen LogP contribution in [0.2, 0.25) is 0 Å². The second-order valence-electron chi connectivity index (χ2n) is 7.44. The largest absolute Gasteiger partial charge is 0.469 e. The van der Waals surface area contributed by atoms with Gasteiger partial charge in [0.15, 0.2) is 0 Å². The number of halogens is 3. The molecular weight excluding hydrogens is 407 g/mol. The van der Waals surface area contributed by atoms with Crippen molar-refractivity contribution in [2.75, 3.05) is 18.6 Å². The fourth-order valence-corrected chi connectivity index (χ4v) is 4.46. The molecule has 3 aliphatic heterocycles. The maximum Gasteiger partial charge on any atom is 0.416 e. The Morgan fingerprint density at radius 3 is 2.60 bits per heavy atom. The second kappa shape index (κ2) is 6.99. The maximum absolute atomic E-state index is 13.0. The number of benzene rings is 1. The zero-order valence-corrected chi connectivity index (χ0v) is 15.9. The molecule has 1 unspecified atom stereocenters. The molecule has 0 N–H and O–H groups in total. The summed E-state index contributed by atoms with van der Waals surface area (Å²) in [5, 5.41) is 0. The van der Waals surface area contributed by atoms with Crippen LogP contribution in [-0.2, 0) is 25.3 Å². The maximum atomic E-state index is 13.0. The van der Waals surface area contributed by atoms with Crippen LogP contribution in [0.4, 0.5) is 23.7 Å². The highest BCUT2D eigenvalue weighted by Gasteiger charge is 2.62. The van der Waals surface area contributed by atoms with E-state index in [0.717, 1.165) is 23.1 Å². The van der Waals surface area contributed by atoms with Crippen LogP contribution in [0.15, 0.2) is 24.3 Å². The minimum Gasteiger partial charge on any atom is -0.469 e. The molecule has 3 heterocycles. The van der Waals surface area contributed by atoms with E-state index in [1.54, 1.807) is 0 Å². The van der Waals surface area contributed by atoms with Gasteiger partial charge in [0.1, 0.15) is 6.04 Å². The van der Waals surface area contributed by atoms with Crippen LogP contribution < -0.4 is 4.90 Å².